The van der Waals surface area contributed by atoms with Crippen molar-refractivity contribution in [3.63, 3.8) is 0 Å². The van der Waals surface area contributed by atoms with Crippen LogP contribution in [-0.2, 0) is 6.54 Å². The molecule has 2 heteroatoms. The fraction of sp³-hybridized carbons (Fsp3) is 0.250. The van der Waals surface area contributed by atoms with Crippen LogP contribution in [0.25, 0.3) is 0 Å². The van der Waals surface area contributed by atoms with Crippen molar-refractivity contribution in [1.29, 1.82) is 0 Å². The first-order valence-electron chi connectivity index (χ1n) is 6.34. The van der Waals surface area contributed by atoms with Crippen LogP contribution in [0.2, 0.25) is 0 Å². The predicted octanol–water partition coefficient (Wildman–Crippen LogP) is 2.90. The van der Waals surface area contributed by atoms with E-state index in [0.717, 1.165) is 25.1 Å². The molecule has 94 valence electrons. The molecule has 2 aromatic rings. The minimum absolute atomic E-state index is 0.380. The van der Waals surface area contributed by atoms with Gasteiger partial charge in [0.2, 0.25) is 0 Å². The van der Waals surface area contributed by atoms with Crippen LogP contribution in [0.1, 0.15) is 23.7 Å². The number of hydrogen-bond acceptors (Lipinski definition) is 2. The number of nitrogens with one attached hydrogen (secondary N) is 1. The molecule has 18 heavy (non-hydrogen) atoms. The smallest absolute Gasteiger partial charge is 0.0802 e. The third-order valence-corrected chi connectivity index (χ3v) is 2.95. The fourth-order valence-corrected chi connectivity index (χ4v) is 1.91. The van der Waals surface area contributed by atoms with Crippen LogP contribution in [0.15, 0.2) is 60.7 Å². The van der Waals surface area contributed by atoms with Gasteiger partial charge in [-0.15, -0.1) is 0 Å². The molecule has 1 atom stereocenters. The normalized spacial score (nSPS) is 12.3. The first-order valence-corrected chi connectivity index (χ1v) is 6.34. The van der Waals surface area contributed by atoms with E-state index >= 15 is 0 Å². The van der Waals surface area contributed by atoms with Crippen molar-refractivity contribution in [3.05, 3.63) is 71.8 Å². The quantitative estimate of drug-likeness (QED) is 0.762. The Kier molecular flexibility index (Phi) is 4.94. The standard InChI is InChI=1S/C16H19NO/c18-16(15-9-5-2-6-10-15)11-12-17-13-14-7-3-1-4-8-14/h1-10,16-18H,11-13H2/t16-/m0/s1. The molecule has 0 heterocycles. The lowest BCUT2D eigenvalue weighted by Gasteiger charge is -2.11. The van der Waals surface area contributed by atoms with Crippen molar-refractivity contribution in [2.45, 2.75) is 19.1 Å². The molecule has 0 saturated heterocycles. The van der Waals surface area contributed by atoms with Crippen molar-refractivity contribution >= 4 is 0 Å². The molecule has 0 unspecified atom stereocenters. The molecule has 0 aliphatic rings. The van der Waals surface area contributed by atoms with Gasteiger partial charge in [-0.25, -0.2) is 0 Å². The summed E-state index contributed by atoms with van der Waals surface area (Å²) in [5.74, 6) is 0. The first-order chi connectivity index (χ1) is 8.86. The van der Waals surface area contributed by atoms with E-state index in [2.05, 4.69) is 17.4 Å². The molecule has 0 amide bonds. The van der Waals surface area contributed by atoms with Crippen molar-refractivity contribution in [1.82, 2.24) is 5.32 Å². The van der Waals surface area contributed by atoms with Crippen LogP contribution >= 0.6 is 0 Å². The van der Waals surface area contributed by atoms with Crippen LogP contribution in [0.3, 0.4) is 0 Å². The maximum absolute atomic E-state index is 9.98. The third-order valence-electron chi connectivity index (χ3n) is 2.95. The van der Waals surface area contributed by atoms with Gasteiger partial charge in [0.15, 0.2) is 0 Å². The van der Waals surface area contributed by atoms with E-state index in [4.69, 9.17) is 0 Å². The second-order valence-electron chi connectivity index (χ2n) is 4.38. The van der Waals surface area contributed by atoms with Gasteiger partial charge in [0.05, 0.1) is 6.10 Å². The summed E-state index contributed by atoms with van der Waals surface area (Å²) in [6, 6.07) is 20.1. The highest BCUT2D eigenvalue weighted by molar-refractivity contribution is 5.17. The van der Waals surface area contributed by atoms with Gasteiger partial charge >= 0.3 is 0 Å². The highest BCUT2D eigenvalue weighted by atomic mass is 16.3. The Morgan fingerprint density at radius 3 is 2.17 bits per heavy atom. The average Bonchev–Trinajstić information content (AvgIpc) is 2.45. The Bertz CT molecular complexity index is 441. The molecule has 2 N–H and O–H groups in total. The molecule has 0 aliphatic heterocycles. The van der Waals surface area contributed by atoms with Crippen LogP contribution < -0.4 is 5.32 Å². The molecule has 0 radical (unpaired) electrons. The largest absolute Gasteiger partial charge is 0.388 e. The van der Waals surface area contributed by atoms with Gasteiger partial charge in [0.1, 0.15) is 0 Å². The predicted molar refractivity (Wildman–Crippen MR) is 74.2 cm³/mol. The van der Waals surface area contributed by atoms with Crippen LogP contribution in [0.5, 0.6) is 0 Å². The number of aliphatic hydroxyl groups excluding tert-OH is 1. The zero-order chi connectivity index (χ0) is 12.6. The van der Waals surface area contributed by atoms with E-state index in [1.54, 1.807) is 0 Å². The Labute approximate surface area is 108 Å². The van der Waals surface area contributed by atoms with E-state index in [-0.39, 0.29) is 6.10 Å². The minimum Gasteiger partial charge on any atom is -0.388 e. The summed E-state index contributed by atoms with van der Waals surface area (Å²) in [5.41, 5.74) is 2.26. The second-order valence-corrected chi connectivity index (χ2v) is 4.38. The lowest BCUT2D eigenvalue weighted by atomic mass is 10.1. The van der Waals surface area contributed by atoms with Crippen molar-refractivity contribution < 1.29 is 5.11 Å². The lowest BCUT2D eigenvalue weighted by molar-refractivity contribution is 0.167. The number of hydrogen-bond donors (Lipinski definition) is 2. The van der Waals surface area contributed by atoms with E-state index < -0.39 is 0 Å². The maximum atomic E-state index is 9.98. The molecule has 0 bridgehead atoms. The summed E-state index contributed by atoms with van der Waals surface area (Å²) in [4.78, 5) is 0. The molecule has 0 spiro atoms. The highest BCUT2D eigenvalue weighted by Gasteiger charge is 2.05. The fourth-order valence-electron chi connectivity index (χ4n) is 1.91. The summed E-state index contributed by atoms with van der Waals surface area (Å²) in [6.45, 7) is 1.66. The van der Waals surface area contributed by atoms with E-state index in [1.165, 1.54) is 5.56 Å². The Morgan fingerprint density at radius 1 is 0.889 bits per heavy atom. The Morgan fingerprint density at radius 2 is 1.50 bits per heavy atom. The van der Waals surface area contributed by atoms with Gasteiger partial charge in [-0.1, -0.05) is 60.7 Å². The molecule has 0 saturated carbocycles. The van der Waals surface area contributed by atoms with Gasteiger partial charge in [-0.05, 0) is 24.1 Å². The summed E-state index contributed by atoms with van der Waals surface area (Å²) in [5, 5.41) is 13.3. The van der Waals surface area contributed by atoms with Crippen molar-refractivity contribution in [2.24, 2.45) is 0 Å². The van der Waals surface area contributed by atoms with E-state index in [1.807, 2.05) is 48.5 Å². The number of rotatable bonds is 6. The third kappa shape index (κ3) is 3.99. The lowest BCUT2D eigenvalue weighted by Crippen LogP contribution is -2.17. The molecule has 2 rings (SSSR count). The SMILES string of the molecule is O[C@@H](CCNCc1ccccc1)c1ccccc1. The van der Waals surface area contributed by atoms with Gasteiger partial charge < -0.3 is 10.4 Å². The molecule has 0 aliphatic carbocycles. The zero-order valence-corrected chi connectivity index (χ0v) is 10.4. The van der Waals surface area contributed by atoms with Gasteiger partial charge in [-0.2, -0.15) is 0 Å². The van der Waals surface area contributed by atoms with Crippen LogP contribution in [-0.4, -0.2) is 11.7 Å². The van der Waals surface area contributed by atoms with Crippen LogP contribution in [0, 0.1) is 0 Å². The number of benzene rings is 2. The van der Waals surface area contributed by atoms with Crippen LogP contribution in [0.4, 0.5) is 0 Å². The molecular weight excluding hydrogens is 222 g/mol. The zero-order valence-electron chi connectivity index (χ0n) is 10.4. The van der Waals surface area contributed by atoms with Crippen molar-refractivity contribution in [2.75, 3.05) is 6.54 Å². The first kappa shape index (κ1) is 12.8. The van der Waals surface area contributed by atoms with Crippen molar-refractivity contribution in [3.8, 4) is 0 Å². The summed E-state index contributed by atoms with van der Waals surface area (Å²) in [7, 11) is 0. The minimum atomic E-state index is -0.380. The average molecular weight is 241 g/mol. The van der Waals surface area contributed by atoms with Gasteiger partial charge in [0.25, 0.3) is 0 Å². The molecular formula is C16H19NO. The van der Waals surface area contributed by atoms with E-state index in [0.29, 0.717) is 0 Å². The second kappa shape index (κ2) is 6.94. The number of aliphatic hydroxyl groups is 1. The molecule has 2 aromatic carbocycles. The Balaban J connectivity index is 1.70. The summed E-state index contributed by atoms with van der Waals surface area (Å²) in [6.07, 6.45) is 0.353. The van der Waals surface area contributed by atoms with Gasteiger partial charge in [0, 0.05) is 6.54 Å². The molecule has 2 nitrogen and oxygen atoms in total. The molecule has 0 aromatic heterocycles. The maximum Gasteiger partial charge on any atom is 0.0802 e. The van der Waals surface area contributed by atoms with Gasteiger partial charge in [-0.3, -0.25) is 0 Å². The summed E-state index contributed by atoms with van der Waals surface area (Å²) >= 11 is 0. The topological polar surface area (TPSA) is 32.3 Å². The summed E-state index contributed by atoms with van der Waals surface area (Å²) < 4.78 is 0. The monoisotopic (exact) mass is 241 g/mol. The Hall–Kier alpha value is -1.64. The molecule has 0 fully saturated rings. The highest BCUT2D eigenvalue weighted by Crippen LogP contribution is 2.14. The van der Waals surface area contributed by atoms with E-state index in [9.17, 15) is 5.11 Å².